The van der Waals surface area contributed by atoms with Gasteiger partial charge in [0.25, 0.3) is 0 Å². The van der Waals surface area contributed by atoms with Crippen LogP contribution in [0.5, 0.6) is 0 Å². The first-order chi connectivity index (χ1) is 8.63. The minimum Gasteiger partial charge on any atom is -0.400 e. The van der Waals surface area contributed by atoms with E-state index in [1.54, 1.807) is 0 Å². The average molecular weight is 254 g/mol. The molecule has 1 heterocycles. The number of urea groups is 1. The number of carbonyl (C=O) groups excluding carboxylic acids is 1. The van der Waals surface area contributed by atoms with E-state index in [0.717, 1.165) is 12.8 Å². The maximum Gasteiger partial charge on any atom is 0.433 e. The maximum absolute atomic E-state index is 11.1. The summed E-state index contributed by atoms with van der Waals surface area (Å²) in [5.41, 5.74) is 2.22. The van der Waals surface area contributed by atoms with Gasteiger partial charge < -0.3 is 9.73 Å². The standard InChI is InChI=1S/C10H14N4O4/c1-2-3-6-11-10(15)13-12-7-8-4-5-9(18-8)14(16)17/h4-5,7H,2-3,6H2,1H3,(H2,11,13,15)/b12-7+. The van der Waals surface area contributed by atoms with E-state index in [9.17, 15) is 14.9 Å². The molecule has 0 saturated heterocycles. The van der Waals surface area contributed by atoms with Gasteiger partial charge in [-0.25, -0.2) is 10.2 Å². The van der Waals surface area contributed by atoms with Gasteiger partial charge in [0.05, 0.1) is 12.3 Å². The van der Waals surface area contributed by atoms with E-state index < -0.39 is 11.0 Å². The molecular formula is C10H14N4O4. The summed E-state index contributed by atoms with van der Waals surface area (Å²) < 4.78 is 4.81. The Kier molecular flexibility index (Phi) is 5.36. The van der Waals surface area contributed by atoms with Crippen molar-refractivity contribution in [1.29, 1.82) is 0 Å². The van der Waals surface area contributed by atoms with Crippen LogP contribution in [0.4, 0.5) is 10.7 Å². The summed E-state index contributed by atoms with van der Waals surface area (Å²) >= 11 is 0. The first-order valence-corrected chi connectivity index (χ1v) is 5.44. The van der Waals surface area contributed by atoms with E-state index in [0.29, 0.717) is 6.54 Å². The van der Waals surface area contributed by atoms with E-state index >= 15 is 0 Å². The van der Waals surface area contributed by atoms with Crippen LogP contribution in [0.1, 0.15) is 25.5 Å². The lowest BCUT2D eigenvalue weighted by Crippen LogP contribution is -2.32. The highest BCUT2D eigenvalue weighted by Gasteiger charge is 2.10. The molecule has 1 aromatic rings. The Morgan fingerprint density at radius 2 is 2.39 bits per heavy atom. The first kappa shape index (κ1) is 13.7. The van der Waals surface area contributed by atoms with Crippen LogP contribution in [0, 0.1) is 10.1 Å². The second kappa shape index (κ2) is 7.05. The minimum absolute atomic E-state index is 0.190. The summed E-state index contributed by atoms with van der Waals surface area (Å²) in [5, 5.41) is 16.5. The Morgan fingerprint density at radius 1 is 1.61 bits per heavy atom. The topological polar surface area (TPSA) is 110 Å². The zero-order valence-corrected chi connectivity index (χ0v) is 9.88. The van der Waals surface area contributed by atoms with Crippen molar-refractivity contribution in [2.24, 2.45) is 5.10 Å². The van der Waals surface area contributed by atoms with E-state index in [-0.39, 0.29) is 11.6 Å². The van der Waals surface area contributed by atoms with Gasteiger partial charge in [-0.2, -0.15) is 5.10 Å². The number of unbranched alkanes of at least 4 members (excludes halogenated alkanes) is 1. The molecule has 18 heavy (non-hydrogen) atoms. The summed E-state index contributed by atoms with van der Waals surface area (Å²) in [6.07, 6.45) is 3.06. The molecule has 0 radical (unpaired) electrons. The van der Waals surface area contributed by atoms with Gasteiger partial charge in [-0.15, -0.1) is 0 Å². The fraction of sp³-hybridized carbons (Fsp3) is 0.400. The zero-order valence-electron chi connectivity index (χ0n) is 9.88. The van der Waals surface area contributed by atoms with E-state index in [4.69, 9.17) is 4.42 Å². The number of carbonyl (C=O) groups is 1. The van der Waals surface area contributed by atoms with Gasteiger partial charge in [0.2, 0.25) is 0 Å². The summed E-state index contributed by atoms with van der Waals surface area (Å²) in [6, 6.07) is 2.17. The average Bonchev–Trinajstić information content (AvgIpc) is 2.78. The smallest absolute Gasteiger partial charge is 0.400 e. The highest BCUT2D eigenvalue weighted by Crippen LogP contribution is 2.13. The number of furan rings is 1. The Morgan fingerprint density at radius 3 is 3.00 bits per heavy atom. The first-order valence-electron chi connectivity index (χ1n) is 5.44. The highest BCUT2D eigenvalue weighted by molar-refractivity contribution is 5.79. The van der Waals surface area contributed by atoms with Crippen molar-refractivity contribution >= 4 is 18.1 Å². The van der Waals surface area contributed by atoms with Crippen LogP contribution in [0.15, 0.2) is 21.7 Å². The van der Waals surface area contributed by atoms with Crippen LogP contribution < -0.4 is 10.7 Å². The van der Waals surface area contributed by atoms with Crippen LogP contribution >= 0.6 is 0 Å². The van der Waals surface area contributed by atoms with Crippen molar-refractivity contribution in [3.8, 4) is 0 Å². The number of rotatable bonds is 6. The van der Waals surface area contributed by atoms with Crippen molar-refractivity contribution in [3.63, 3.8) is 0 Å². The van der Waals surface area contributed by atoms with Gasteiger partial charge >= 0.3 is 11.9 Å². The molecule has 0 saturated carbocycles. The Balaban J connectivity index is 2.35. The largest absolute Gasteiger partial charge is 0.433 e. The van der Waals surface area contributed by atoms with E-state index in [1.165, 1.54) is 18.3 Å². The van der Waals surface area contributed by atoms with Gasteiger partial charge in [0.15, 0.2) is 5.76 Å². The molecule has 0 aliphatic rings. The number of hydrogen-bond donors (Lipinski definition) is 2. The van der Waals surface area contributed by atoms with Crippen LogP contribution in [0.25, 0.3) is 0 Å². The number of nitrogens with one attached hydrogen (secondary N) is 2. The van der Waals surface area contributed by atoms with E-state index in [1.807, 2.05) is 6.92 Å². The molecule has 8 nitrogen and oxygen atoms in total. The van der Waals surface area contributed by atoms with Gasteiger partial charge in [-0.3, -0.25) is 10.1 Å². The molecule has 2 amide bonds. The lowest BCUT2D eigenvalue weighted by Gasteiger charge is -2.01. The molecular weight excluding hydrogens is 240 g/mol. The number of hydrogen-bond acceptors (Lipinski definition) is 5. The molecule has 1 aromatic heterocycles. The molecule has 0 unspecified atom stereocenters. The van der Waals surface area contributed by atoms with Gasteiger partial charge in [0.1, 0.15) is 4.92 Å². The molecule has 2 N–H and O–H groups in total. The summed E-state index contributed by atoms with van der Waals surface area (Å²) in [7, 11) is 0. The minimum atomic E-state index is -0.651. The molecule has 1 rings (SSSR count). The fourth-order valence-electron chi connectivity index (χ4n) is 1.08. The second-order valence-corrected chi connectivity index (χ2v) is 3.41. The van der Waals surface area contributed by atoms with Crippen LogP contribution in [0.2, 0.25) is 0 Å². The van der Waals surface area contributed by atoms with Crippen LogP contribution in [-0.2, 0) is 0 Å². The SMILES string of the molecule is CCCCNC(=O)N/N=C/c1ccc([N+](=O)[O-])o1. The van der Waals surface area contributed by atoms with Gasteiger partial charge in [-0.1, -0.05) is 13.3 Å². The molecule has 0 bridgehead atoms. The molecule has 0 fully saturated rings. The number of hydrazone groups is 1. The third kappa shape index (κ3) is 4.64. The maximum atomic E-state index is 11.1. The molecule has 0 atom stereocenters. The second-order valence-electron chi connectivity index (χ2n) is 3.41. The monoisotopic (exact) mass is 254 g/mol. The van der Waals surface area contributed by atoms with Crippen molar-refractivity contribution < 1.29 is 14.1 Å². The van der Waals surface area contributed by atoms with Crippen molar-refractivity contribution in [2.75, 3.05) is 6.54 Å². The Hall–Kier alpha value is -2.38. The molecule has 8 heteroatoms. The number of amides is 2. The number of nitro groups is 1. The zero-order chi connectivity index (χ0) is 13.4. The third-order valence-electron chi connectivity index (χ3n) is 1.97. The summed E-state index contributed by atoms with van der Waals surface area (Å²) in [4.78, 5) is 20.8. The number of nitrogens with zero attached hydrogens (tertiary/aromatic N) is 2. The molecule has 0 aromatic carbocycles. The third-order valence-corrected chi connectivity index (χ3v) is 1.97. The normalized spacial score (nSPS) is 10.5. The van der Waals surface area contributed by atoms with Crippen molar-refractivity contribution in [3.05, 3.63) is 28.0 Å². The van der Waals surface area contributed by atoms with Crippen LogP contribution in [-0.4, -0.2) is 23.7 Å². The molecule has 0 aliphatic carbocycles. The summed E-state index contributed by atoms with van der Waals surface area (Å²) in [6.45, 7) is 2.59. The lowest BCUT2D eigenvalue weighted by atomic mass is 10.3. The quantitative estimate of drug-likeness (QED) is 0.348. The van der Waals surface area contributed by atoms with Gasteiger partial charge in [0, 0.05) is 6.54 Å². The lowest BCUT2D eigenvalue weighted by molar-refractivity contribution is -0.402. The molecule has 98 valence electrons. The predicted octanol–water partition coefficient (Wildman–Crippen LogP) is 1.62. The Bertz CT molecular complexity index is 441. The fourth-order valence-corrected chi connectivity index (χ4v) is 1.08. The highest BCUT2D eigenvalue weighted by atomic mass is 16.6. The van der Waals surface area contributed by atoms with E-state index in [2.05, 4.69) is 15.8 Å². The molecule has 0 spiro atoms. The predicted molar refractivity (Wildman–Crippen MR) is 64.4 cm³/mol. The van der Waals surface area contributed by atoms with Crippen LogP contribution in [0.3, 0.4) is 0 Å². The molecule has 0 aliphatic heterocycles. The van der Waals surface area contributed by atoms with Crippen molar-refractivity contribution in [1.82, 2.24) is 10.7 Å². The Labute approximate surface area is 103 Å². The van der Waals surface area contributed by atoms with Gasteiger partial charge in [-0.05, 0) is 12.5 Å². The summed E-state index contributed by atoms with van der Waals surface area (Å²) in [5.74, 6) is -0.181. The van der Waals surface area contributed by atoms with Crippen molar-refractivity contribution in [2.45, 2.75) is 19.8 Å².